The zero-order chi connectivity index (χ0) is 15.4. The fourth-order valence-electron chi connectivity index (χ4n) is 2.69. The van der Waals surface area contributed by atoms with Crippen LogP contribution in [0.1, 0.15) is 25.8 Å². The second kappa shape index (κ2) is 6.61. The van der Waals surface area contributed by atoms with E-state index >= 15 is 0 Å². The molecule has 1 aromatic carbocycles. The normalized spacial score (nSPS) is 17.5. The molecule has 0 saturated heterocycles. The third-order valence-electron chi connectivity index (χ3n) is 3.65. The highest BCUT2D eigenvalue weighted by atomic mass is 16.4. The summed E-state index contributed by atoms with van der Waals surface area (Å²) in [5.74, 6) is -1.19. The van der Waals surface area contributed by atoms with Crippen LogP contribution in [0.15, 0.2) is 24.3 Å². The van der Waals surface area contributed by atoms with E-state index < -0.39 is 11.9 Å². The summed E-state index contributed by atoms with van der Waals surface area (Å²) >= 11 is 0. The number of anilines is 1. The van der Waals surface area contributed by atoms with Crippen LogP contribution >= 0.6 is 0 Å². The molecule has 0 spiro atoms. The summed E-state index contributed by atoms with van der Waals surface area (Å²) in [6.45, 7) is 4.85. The molecular formula is C16H22N2O3. The fourth-order valence-corrected chi connectivity index (χ4v) is 2.69. The molecule has 114 valence electrons. The molecule has 1 atom stereocenters. The molecule has 1 aliphatic rings. The summed E-state index contributed by atoms with van der Waals surface area (Å²) in [6.07, 6.45) is 0.930. The second-order valence-corrected chi connectivity index (χ2v) is 5.79. The van der Waals surface area contributed by atoms with Gasteiger partial charge in [0.05, 0.1) is 5.92 Å². The summed E-state index contributed by atoms with van der Waals surface area (Å²) in [4.78, 5) is 25.1. The van der Waals surface area contributed by atoms with Crippen LogP contribution in [0, 0.1) is 5.92 Å². The Kier molecular flexibility index (Phi) is 4.83. The van der Waals surface area contributed by atoms with Gasteiger partial charge in [-0.25, -0.2) is 0 Å². The van der Waals surface area contributed by atoms with Crippen molar-refractivity contribution in [3.63, 3.8) is 0 Å². The van der Waals surface area contributed by atoms with Crippen molar-refractivity contribution < 1.29 is 14.7 Å². The van der Waals surface area contributed by atoms with Crippen LogP contribution in [0.2, 0.25) is 0 Å². The number of carbonyl (C=O) groups is 2. The van der Waals surface area contributed by atoms with Crippen LogP contribution < -0.4 is 10.2 Å². The van der Waals surface area contributed by atoms with E-state index in [4.69, 9.17) is 0 Å². The molecule has 1 unspecified atom stereocenters. The fraction of sp³-hybridized carbons (Fsp3) is 0.500. The van der Waals surface area contributed by atoms with Crippen molar-refractivity contribution in [2.45, 2.75) is 32.7 Å². The first-order valence-corrected chi connectivity index (χ1v) is 7.32. The minimum Gasteiger partial charge on any atom is -0.481 e. The van der Waals surface area contributed by atoms with E-state index in [1.807, 2.05) is 43.0 Å². The van der Waals surface area contributed by atoms with Crippen LogP contribution in [0.4, 0.5) is 5.69 Å². The number of amides is 1. The number of rotatable bonds is 5. The van der Waals surface area contributed by atoms with Crippen molar-refractivity contribution in [1.29, 1.82) is 0 Å². The summed E-state index contributed by atoms with van der Waals surface area (Å²) in [6, 6.07) is 7.95. The summed E-state index contributed by atoms with van der Waals surface area (Å²) in [5.41, 5.74) is 2.09. The zero-order valence-electron chi connectivity index (χ0n) is 12.5. The molecule has 0 aromatic heterocycles. The molecule has 1 heterocycles. The van der Waals surface area contributed by atoms with Gasteiger partial charge in [0.25, 0.3) is 0 Å². The highest BCUT2D eigenvalue weighted by molar-refractivity contribution is 5.77. The first kappa shape index (κ1) is 15.4. The Bertz CT molecular complexity index is 528. The monoisotopic (exact) mass is 290 g/mol. The smallest absolute Gasteiger partial charge is 0.308 e. The maximum absolute atomic E-state index is 11.8. The van der Waals surface area contributed by atoms with Gasteiger partial charge in [0.1, 0.15) is 0 Å². The molecule has 0 bridgehead atoms. The first-order valence-electron chi connectivity index (χ1n) is 7.32. The van der Waals surface area contributed by atoms with Crippen LogP contribution in [0.5, 0.6) is 0 Å². The molecule has 1 aliphatic heterocycles. The maximum atomic E-state index is 11.8. The van der Waals surface area contributed by atoms with E-state index in [9.17, 15) is 14.7 Å². The Morgan fingerprint density at radius 3 is 2.76 bits per heavy atom. The van der Waals surface area contributed by atoms with Gasteiger partial charge in [0.15, 0.2) is 0 Å². The lowest BCUT2D eigenvalue weighted by molar-refractivity contribution is -0.141. The van der Waals surface area contributed by atoms with Crippen molar-refractivity contribution in [1.82, 2.24) is 5.32 Å². The Morgan fingerprint density at radius 2 is 2.10 bits per heavy atom. The number of carbonyl (C=O) groups excluding carboxylic acids is 1. The molecule has 21 heavy (non-hydrogen) atoms. The number of para-hydroxylation sites is 1. The number of carboxylic acid groups (broad SMARTS) is 1. The summed E-state index contributed by atoms with van der Waals surface area (Å²) in [5, 5.41) is 12.1. The van der Waals surface area contributed by atoms with Crippen molar-refractivity contribution in [2.75, 3.05) is 18.0 Å². The average molecular weight is 290 g/mol. The predicted octanol–water partition coefficient (Wildman–Crippen LogP) is 1.66. The minimum atomic E-state index is -0.777. The Morgan fingerprint density at radius 1 is 1.38 bits per heavy atom. The van der Waals surface area contributed by atoms with Crippen molar-refractivity contribution in [2.24, 2.45) is 5.92 Å². The molecule has 2 rings (SSSR count). The molecule has 5 heteroatoms. The average Bonchev–Trinajstić information content (AvgIpc) is 2.43. The third kappa shape index (κ3) is 3.97. The minimum absolute atomic E-state index is 0.0000652. The quantitative estimate of drug-likeness (QED) is 0.865. The SMILES string of the molecule is CC(C)NC(=O)CCN1CC(C(=O)O)Cc2ccccc21. The van der Waals surface area contributed by atoms with Gasteiger partial charge in [-0.15, -0.1) is 0 Å². The number of nitrogens with one attached hydrogen (secondary N) is 1. The van der Waals surface area contributed by atoms with Crippen molar-refractivity contribution >= 4 is 17.6 Å². The molecule has 1 aromatic rings. The summed E-state index contributed by atoms with van der Waals surface area (Å²) in [7, 11) is 0. The van der Waals surface area contributed by atoms with Crippen molar-refractivity contribution in [3.05, 3.63) is 29.8 Å². The largest absolute Gasteiger partial charge is 0.481 e. The van der Waals surface area contributed by atoms with Gasteiger partial charge in [-0.3, -0.25) is 9.59 Å². The van der Waals surface area contributed by atoms with Gasteiger partial charge in [0, 0.05) is 31.2 Å². The third-order valence-corrected chi connectivity index (χ3v) is 3.65. The molecule has 0 fully saturated rings. The topological polar surface area (TPSA) is 69.6 Å². The molecule has 1 amide bonds. The standard InChI is InChI=1S/C16H22N2O3/c1-11(2)17-15(19)7-8-18-10-13(16(20)21)9-12-5-3-4-6-14(12)18/h3-6,11,13H,7-10H2,1-2H3,(H,17,19)(H,20,21). The molecule has 0 aliphatic carbocycles. The van der Waals surface area contributed by atoms with Crippen molar-refractivity contribution in [3.8, 4) is 0 Å². The van der Waals surface area contributed by atoms with E-state index in [0.29, 0.717) is 25.9 Å². The van der Waals surface area contributed by atoms with Crippen LogP contribution in [0.25, 0.3) is 0 Å². The number of benzene rings is 1. The van der Waals surface area contributed by atoms with E-state index in [-0.39, 0.29) is 11.9 Å². The zero-order valence-corrected chi connectivity index (χ0v) is 12.5. The highest BCUT2D eigenvalue weighted by Crippen LogP contribution is 2.29. The van der Waals surface area contributed by atoms with Gasteiger partial charge >= 0.3 is 5.97 Å². The van der Waals surface area contributed by atoms with Crippen LogP contribution in [0.3, 0.4) is 0 Å². The number of nitrogens with zero attached hydrogens (tertiary/aromatic N) is 1. The molecule has 0 saturated carbocycles. The number of hydrogen-bond donors (Lipinski definition) is 2. The van der Waals surface area contributed by atoms with E-state index in [1.165, 1.54) is 0 Å². The number of fused-ring (bicyclic) bond motifs is 1. The number of carboxylic acids is 1. The molecular weight excluding hydrogens is 268 g/mol. The number of aliphatic carboxylic acids is 1. The van der Waals surface area contributed by atoms with Gasteiger partial charge in [-0.1, -0.05) is 18.2 Å². The summed E-state index contributed by atoms with van der Waals surface area (Å²) < 4.78 is 0. The lowest BCUT2D eigenvalue weighted by Crippen LogP contribution is -2.41. The Hall–Kier alpha value is -2.04. The van der Waals surface area contributed by atoms with Gasteiger partial charge in [-0.2, -0.15) is 0 Å². The van der Waals surface area contributed by atoms with Gasteiger partial charge in [0.2, 0.25) is 5.91 Å². The lowest BCUT2D eigenvalue weighted by atomic mass is 9.92. The van der Waals surface area contributed by atoms with Crippen LogP contribution in [-0.2, 0) is 16.0 Å². The highest BCUT2D eigenvalue weighted by Gasteiger charge is 2.28. The van der Waals surface area contributed by atoms with E-state index in [2.05, 4.69) is 5.32 Å². The van der Waals surface area contributed by atoms with Gasteiger partial charge < -0.3 is 15.3 Å². The Labute approximate surface area is 125 Å². The second-order valence-electron chi connectivity index (χ2n) is 5.79. The molecule has 5 nitrogen and oxygen atoms in total. The number of hydrogen-bond acceptors (Lipinski definition) is 3. The Balaban J connectivity index is 2.07. The lowest BCUT2D eigenvalue weighted by Gasteiger charge is -2.34. The van der Waals surface area contributed by atoms with E-state index in [1.54, 1.807) is 0 Å². The van der Waals surface area contributed by atoms with E-state index in [0.717, 1.165) is 11.3 Å². The predicted molar refractivity (Wildman–Crippen MR) is 81.4 cm³/mol. The van der Waals surface area contributed by atoms with Gasteiger partial charge in [-0.05, 0) is 31.9 Å². The van der Waals surface area contributed by atoms with Crippen LogP contribution in [-0.4, -0.2) is 36.1 Å². The maximum Gasteiger partial charge on any atom is 0.308 e. The molecule has 2 N–H and O–H groups in total. The molecule has 0 radical (unpaired) electrons. The first-order chi connectivity index (χ1) is 9.97.